The van der Waals surface area contributed by atoms with Gasteiger partial charge in [-0.15, -0.1) is 0 Å². The van der Waals surface area contributed by atoms with Crippen molar-refractivity contribution >= 4 is 22.8 Å². The second-order valence-electron chi connectivity index (χ2n) is 7.87. The number of rotatable bonds is 6. The third kappa shape index (κ3) is 4.12. The number of hydrogen-bond donors (Lipinski definition) is 1. The van der Waals surface area contributed by atoms with Gasteiger partial charge in [-0.3, -0.25) is 14.2 Å². The minimum atomic E-state index is -0.566. The average Bonchev–Trinajstić information content (AvgIpc) is 3.18. The normalized spacial score (nSPS) is 11.1. The third-order valence-corrected chi connectivity index (χ3v) is 5.31. The summed E-state index contributed by atoms with van der Waals surface area (Å²) in [4.78, 5) is 43.6. The van der Waals surface area contributed by atoms with E-state index < -0.39 is 17.2 Å². The minimum absolute atomic E-state index is 0.246. The van der Waals surface area contributed by atoms with Crippen molar-refractivity contribution in [1.82, 2.24) is 18.7 Å². The summed E-state index contributed by atoms with van der Waals surface area (Å²) in [5, 5.41) is 2.80. The van der Waals surface area contributed by atoms with E-state index in [1.54, 1.807) is 10.9 Å². The topological polar surface area (TPSA) is 90.9 Å². The molecule has 0 radical (unpaired) electrons. The van der Waals surface area contributed by atoms with Gasteiger partial charge in [0.25, 0.3) is 5.56 Å². The molecule has 8 nitrogen and oxygen atoms in total. The van der Waals surface area contributed by atoms with Crippen LogP contribution in [0.2, 0.25) is 0 Å². The number of carbonyl (C=O) groups is 1. The SMILES string of the molecule is CCn1cnc2c1c(=O)n(CC(=O)Nc1cc(C)cc(C)c1)c(=O)n2Cc1ccccc1. The van der Waals surface area contributed by atoms with Gasteiger partial charge in [-0.05, 0) is 49.6 Å². The lowest BCUT2D eigenvalue weighted by Crippen LogP contribution is -2.43. The number of anilines is 1. The molecule has 0 saturated heterocycles. The first-order valence-corrected chi connectivity index (χ1v) is 10.5. The van der Waals surface area contributed by atoms with Crippen LogP contribution in [0.1, 0.15) is 23.6 Å². The summed E-state index contributed by atoms with van der Waals surface area (Å²) >= 11 is 0. The predicted octanol–water partition coefficient (Wildman–Crippen LogP) is 2.68. The van der Waals surface area contributed by atoms with Crippen molar-refractivity contribution in [1.29, 1.82) is 0 Å². The second kappa shape index (κ2) is 8.66. The molecule has 0 unspecified atom stereocenters. The van der Waals surface area contributed by atoms with Crippen molar-refractivity contribution < 1.29 is 4.79 Å². The zero-order chi connectivity index (χ0) is 22.8. The van der Waals surface area contributed by atoms with Crippen LogP contribution >= 0.6 is 0 Å². The summed E-state index contributed by atoms with van der Waals surface area (Å²) in [5.74, 6) is -0.442. The van der Waals surface area contributed by atoms with Gasteiger partial charge in [0.05, 0.1) is 12.9 Å². The summed E-state index contributed by atoms with van der Waals surface area (Å²) in [6.07, 6.45) is 1.55. The van der Waals surface area contributed by atoms with Crippen LogP contribution in [0.25, 0.3) is 11.2 Å². The second-order valence-corrected chi connectivity index (χ2v) is 7.87. The Morgan fingerprint density at radius 1 is 1.00 bits per heavy atom. The number of aryl methyl sites for hydroxylation is 3. The summed E-state index contributed by atoms with van der Waals surface area (Å²) in [7, 11) is 0. The Morgan fingerprint density at radius 2 is 1.69 bits per heavy atom. The quantitative estimate of drug-likeness (QED) is 0.508. The number of hydrogen-bond acceptors (Lipinski definition) is 4. The molecule has 2 aromatic heterocycles. The molecule has 164 valence electrons. The van der Waals surface area contributed by atoms with E-state index in [0.29, 0.717) is 23.4 Å². The number of imidazole rings is 1. The monoisotopic (exact) mass is 431 g/mol. The summed E-state index contributed by atoms with van der Waals surface area (Å²) in [6.45, 7) is 6.15. The van der Waals surface area contributed by atoms with Crippen molar-refractivity contribution in [3.63, 3.8) is 0 Å². The minimum Gasteiger partial charge on any atom is -0.325 e. The van der Waals surface area contributed by atoms with Gasteiger partial charge in [0.1, 0.15) is 6.54 Å². The van der Waals surface area contributed by atoms with E-state index in [1.807, 2.05) is 69.3 Å². The maximum atomic E-state index is 13.3. The molecule has 8 heteroatoms. The molecule has 4 rings (SSSR count). The van der Waals surface area contributed by atoms with E-state index in [9.17, 15) is 14.4 Å². The molecule has 4 aromatic rings. The van der Waals surface area contributed by atoms with Crippen LogP contribution in [-0.4, -0.2) is 24.6 Å². The fourth-order valence-electron chi connectivity index (χ4n) is 3.92. The number of aromatic nitrogens is 4. The van der Waals surface area contributed by atoms with Gasteiger partial charge in [0.15, 0.2) is 11.2 Å². The molecule has 0 spiro atoms. The Balaban J connectivity index is 1.77. The van der Waals surface area contributed by atoms with Crippen LogP contribution in [0.15, 0.2) is 64.4 Å². The first-order valence-electron chi connectivity index (χ1n) is 10.5. The largest absolute Gasteiger partial charge is 0.333 e. The van der Waals surface area contributed by atoms with E-state index in [-0.39, 0.29) is 13.1 Å². The van der Waals surface area contributed by atoms with Gasteiger partial charge in [-0.1, -0.05) is 36.4 Å². The van der Waals surface area contributed by atoms with Crippen LogP contribution in [0.3, 0.4) is 0 Å². The third-order valence-electron chi connectivity index (χ3n) is 5.31. The number of fused-ring (bicyclic) bond motifs is 1. The molecule has 0 bridgehead atoms. The molecule has 2 heterocycles. The Kier molecular flexibility index (Phi) is 5.77. The molecule has 0 aliphatic carbocycles. The average molecular weight is 431 g/mol. The van der Waals surface area contributed by atoms with Gasteiger partial charge in [-0.2, -0.15) is 0 Å². The van der Waals surface area contributed by atoms with Crippen molar-refractivity contribution in [2.45, 2.75) is 40.4 Å². The smallest absolute Gasteiger partial charge is 0.325 e. The molecule has 1 amide bonds. The van der Waals surface area contributed by atoms with Gasteiger partial charge in [-0.25, -0.2) is 14.3 Å². The first-order chi connectivity index (χ1) is 15.4. The zero-order valence-electron chi connectivity index (χ0n) is 18.3. The lowest BCUT2D eigenvalue weighted by atomic mass is 10.1. The van der Waals surface area contributed by atoms with Crippen LogP contribution in [0.5, 0.6) is 0 Å². The molecule has 0 aliphatic rings. The predicted molar refractivity (Wildman–Crippen MR) is 124 cm³/mol. The molecular weight excluding hydrogens is 406 g/mol. The van der Waals surface area contributed by atoms with E-state index in [4.69, 9.17) is 0 Å². The highest BCUT2D eigenvalue weighted by molar-refractivity contribution is 5.90. The Labute approximate surface area is 184 Å². The van der Waals surface area contributed by atoms with Crippen LogP contribution in [0, 0.1) is 13.8 Å². The number of nitrogens with one attached hydrogen (secondary N) is 1. The van der Waals surface area contributed by atoms with Crippen molar-refractivity contribution in [2.24, 2.45) is 0 Å². The van der Waals surface area contributed by atoms with Crippen LogP contribution in [-0.2, 0) is 24.4 Å². The van der Waals surface area contributed by atoms with Gasteiger partial charge in [0.2, 0.25) is 5.91 Å². The van der Waals surface area contributed by atoms with E-state index in [1.165, 1.54) is 4.57 Å². The van der Waals surface area contributed by atoms with E-state index >= 15 is 0 Å². The molecule has 32 heavy (non-hydrogen) atoms. The maximum Gasteiger partial charge on any atom is 0.333 e. The number of amides is 1. The number of benzene rings is 2. The summed E-state index contributed by atoms with van der Waals surface area (Å²) in [5.41, 5.74) is 3.08. The van der Waals surface area contributed by atoms with Crippen LogP contribution < -0.4 is 16.6 Å². The lowest BCUT2D eigenvalue weighted by Gasteiger charge is -2.13. The molecule has 0 aliphatic heterocycles. The van der Waals surface area contributed by atoms with E-state index in [2.05, 4.69) is 10.3 Å². The molecular formula is C24H25N5O3. The molecule has 0 saturated carbocycles. The Bertz CT molecular complexity index is 1390. The van der Waals surface area contributed by atoms with Crippen molar-refractivity contribution in [3.8, 4) is 0 Å². The number of carbonyl (C=O) groups excluding carboxylic acids is 1. The lowest BCUT2D eigenvalue weighted by molar-refractivity contribution is -0.116. The Morgan fingerprint density at radius 3 is 2.34 bits per heavy atom. The van der Waals surface area contributed by atoms with Crippen molar-refractivity contribution in [3.05, 3.63) is 92.4 Å². The number of nitrogens with zero attached hydrogens (tertiary/aromatic N) is 4. The highest BCUT2D eigenvalue weighted by atomic mass is 16.2. The fraction of sp³-hybridized carbons (Fsp3) is 0.250. The summed E-state index contributed by atoms with van der Waals surface area (Å²) < 4.78 is 4.12. The standard InChI is InChI=1S/C24H25N5O3/c1-4-27-15-25-22-21(27)23(31)29(24(32)28(22)13-18-8-6-5-7-9-18)14-20(30)26-19-11-16(2)10-17(3)12-19/h5-12,15H,4,13-14H2,1-3H3,(H,26,30). The Hall–Kier alpha value is -3.94. The van der Waals surface area contributed by atoms with Crippen molar-refractivity contribution in [2.75, 3.05) is 5.32 Å². The molecule has 2 aromatic carbocycles. The molecule has 0 fully saturated rings. The van der Waals surface area contributed by atoms with Crippen LogP contribution in [0.4, 0.5) is 5.69 Å². The fourth-order valence-corrected chi connectivity index (χ4v) is 3.92. The first kappa shape index (κ1) is 21.3. The highest BCUT2D eigenvalue weighted by Crippen LogP contribution is 2.14. The van der Waals surface area contributed by atoms with Gasteiger partial charge < -0.3 is 9.88 Å². The van der Waals surface area contributed by atoms with E-state index in [0.717, 1.165) is 21.3 Å². The maximum absolute atomic E-state index is 13.3. The molecule has 1 N–H and O–H groups in total. The highest BCUT2D eigenvalue weighted by Gasteiger charge is 2.19. The zero-order valence-corrected chi connectivity index (χ0v) is 18.3. The molecule has 0 atom stereocenters. The van der Waals surface area contributed by atoms with Gasteiger partial charge >= 0.3 is 5.69 Å². The van der Waals surface area contributed by atoms with Gasteiger partial charge in [0, 0.05) is 12.2 Å². The summed E-state index contributed by atoms with van der Waals surface area (Å²) in [6, 6.07) is 15.2.